The van der Waals surface area contributed by atoms with Crippen LogP contribution >= 0.6 is 15.9 Å². The van der Waals surface area contributed by atoms with Gasteiger partial charge in [0.2, 0.25) is 5.65 Å². The van der Waals surface area contributed by atoms with E-state index in [1.165, 1.54) is 5.56 Å². The summed E-state index contributed by atoms with van der Waals surface area (Å²) >= 11 is 3.37. The maximum atomic E-state index is 5.90. The SMILES string of the molecule is CCc1ccc(Oc2nc(Br)cn3ccnc23)c(OC)c1. The Morgan fingerprint density at radius 2 is 2.14 bits per heavy atom. The number of fused-ring (bicyclic) bond motifs is 1. The molecular weight excluding hydrogens is 334 g/mol. The van der Waals surface area contributed by atoms with E-state index in [0.29, 0.717) is 27.6 Å². The number of halogens is 1. The van der Waals surface area contributed by atoms with Crippen molar-refractivity contribution in [2.24, 2.45) is 0 Å². The van der Waals surface area contributed by atoms with E-state index in [-0.39, 0.29) is 0 Å². The second-order valence-corrected chi connectivity index (χ2v) is 5.28. The van der Waals surface area contributed by atoms with Crippen molar-refractivity contribution in [1.82, 2.24) is 14.4 Å². The molecule has 0 saturated heterocycles. The maximum Gasteiger partial charge on any atom is 0.265 e. The van der Waals surface area contributed by atoms with Gasteiger partial charge in [-0.1, -0.05) is 13.0 Å². The number of methoxy groups -OCH3 is 1. The third kappa shape index (κ3) is 2.71. The Hall–Kier alpha value is -2.08. The smallest absolute Gasteiger partial charge is 0.265 e. The molecule has 0 atom stereocenters. The van der Waals surface area contributed by atoms with Crippen molar-refractivity contribution in [3.05, 3.63) is 47.0 Å². The summed E-state index contributed by atoms with van der Waals surface area (Å²) in [6, 6.07) is 5.87. The van der Waals surface area contributed by atoms with E-state index in [1.807, 2.05) is 35.0 Å². The highest BCUT2D eigenvalue weighted by atomic mass is 79.9. The molecular formula is C15H14BrN3O2. The van der Waals surface area contributed by atoms with Crippen molar-refractivity contribution < 1.29 is 9.47 Å². The number of ether oxygens (including phenoxy) is 2. The molecule has 0 saturated carbocycles. The van der Waals surface area contributed by atoms with E-state index < -0.39 is 0 Å². The van der Waals surface area contributed by atoms with Gasteiger partial charge in [-0.15, -0.1) is 0 Å². The summed E-state index contributed by atoms with van der Waals surface area (Å²) in [5.74, 6) is 1.72. The number of hydrogen-bond donors (Lipinski definition) is 0. The van der Waals surface area contributed by atoms with Crippen LogP contribution in [0.2, 0.25) is 0 Å². The van der Waals surface area contributed by atoms with E-state index in [1.54, 1.807) is 13.3 Å². The second kappa shape index (κ2) is 5.73. The first kappa shape index (κ1) is 13.9. The number of hydrogen-bond acceptors (Lipinski definition) is 4. The fourth-order valence-corrected chi connectivity index (χ4v) is 2.44. The van der Waals surface area contributed by atoms with Crippen LogP contribution in [0.1, 0.15) is 12.5 Å². The minimum atomic E-state index is 0.428. The summed E-state index contributed by atoms with van der Waals surface area (Å²) in [6.45, 7) is 2.10. The molecule has 0 spiro atoms. The fourth-order valence-electron chi connectivity index (χ4n) is 2.06. The number of aryl methyl sites for hydroxylation is 1. The molecule has 2 aromatic heterocycles. The van der Waals surface area contributed by atoms with Crippen LogP contribution in [0.3, 0.4) is 0 Å². The monoisotopic (exact) mass is 347 g/mol. The molecule has 5 nitrogen and oxygen atoms in total. The van der Waals surface area contributed by atoms with E-state index >= 15 is 0 Å². The zero-order valence-electron chi connectivity index (χ0n) is 11.7. The Kier molecular flexibility index (Phi) is 3.79. The van der Waals surface area contributed by atoms with Gasteiger partial charge in [0.1, 0.15) is 4.60 Å². The van der Waals surface area contributed by atoms with Gasteiger partial charge < -0.3 is 9.47 Å². The zero-order chi connectivity index (χ0) is 14.8. The van der Waals surface area contributed by atoms with Crippen molar-refractivity contribution >= 4 is 21.6 Å². The first-order valence-corrected chi connectivity index (χ1v) is 7.34. The Balaban J connectivity index is 2.04. The first-order valence-electron chi connectivity index (χ1n) is 6.55. The normalized spacial score (nSPS) is 10.8. The third-order valence-corrected chi connectivity index (χ3v) is 3.54. The Labute approximate surface area is 130 Å². The van der Waals surface area contributed by atoms with Gasteiger partial charge in [-0.05, 0) is 40.0 Å². The number of rotatable bonds is 4. The van der Waals surface area contributed by atoms with Crippen LogP contribution in [0.4, 0.5) is 0 Å². The van der Waals surface area contributed by atoms with E-state index in [9.17, 15) is 0 Å². The molecule has 3 rings (SSSR count). The van der Waals surface area contributed by atoms with E-state index in [4.69, 9.17) is 9.47 Å². The van der Waals surface area contributed by atoms with E-state index in [2.05, 4.69) is 32.8 Å². The van der Waals surface area contributed by atoms with Crippen LogP contribution in [-0.2, 0) is 6.42 Å². The standard InChI is InChI=1S/C15H14BrN3O2/c1-3-10-4-5-11(12(8-10)20-2)21-15-14-17-6-7-19(14)9-13(16)18-15/h4-9H,3H2,1-2H3. The summed E-state index contributed by atoms with van der Waals surface area (Å²) in [6.07, 6.45) is 6.31. The van der Waals surface area contributed by atoms with Crippen molar-refractivity contribution in [2.75, 3.05) is 7.11 Å². The predicted octanol–water partition coefficient (Wildman–Crippen LogP) is 3.86. The van der Waals surface area contributed by atoms with Gasteiger partial charge in [0, 0.05) is 18.6 Å². The molecule has 0 bridgehead atoms. The molecule has 2 heterocycles. The highest BCUT2D eigenvalue weighted by molar-refractivity contribution is 9.10. The molecule has 6 heteroatoms. The van der Waals surface area contributed by atoms with Gasteiger partial charge in [0.25, 0.3) is 5.88 Å². The summed E-state index contributed by atoms with van der Waals surface area (Å²) < 4.78 is 13.8. The lowest BCUT2D eigenvalue weighted by Gasteiger charge is -2.11. The average Bonchev–Trinajstić information content (AvgIpc) is 2.96. The van der Waals surface area contributed by atoms with Gasteiger partial charge in [-0.2, -0.15) is 0 Å². The average molecular weight is 348 g/mol. The summed E-state index contributed by atoms with van der Waals surface area (Å²) in [5.41, 5.74) is 1.84. The molecule has 0 aliphatic carbocycles. The minimum absolute atomic E-state index is 0.428. The first-order chi connectivity index (χ1) is 10.2. The van der Waals surface area contributed by atoms with Crippen LogP contribution in [0.25, 0.3) is 5.65 Å². The number of aromatic nitrogens is 3. The number of imidazole rings is 1. The molecule has 0 aliphatic rings. The maximum absolute atomic E-state index is 5.90. The molecule has 0 aliphatic heterocycles. The fraction of sp³-hybridized carbons (Fsp3) is 0.200. The lowest BCUT2D eigenvalue weighted by molar-refractivity contribution is 0.374. The Bertz CT molecular complexity index is 786. The van der Waals surface area contributed by atoms with Gasteiger partial charge in [-0.3, -0.25) is 4.40 Å². The topological polar surface area (TPSA) is 48.7 Å². The highest BCUT2D eigenvalue weighted by Crippen LogP contribution is 2.33. The Morgan fingerprint density at radius 1 is 1.29 bits per heavy atom. The van der Waals surface area contributed by atoms with Crippen LogP contribution in [0, 0.1) is 0 Å². The molecule has 21 heavy (non-hydrogen) atoms. The van der Waals surface area contributed by atoms with Gasteiger partial charge in [-0.25, -0.2) is 9.97 Å². The summed E-state index contributed by atoms with van der Waals surface area (Å²) in [5, 5.41) is 0. The minimum Gasteiger partial charge on any atom is -0.493 e. The molecule has 0 radical (unpaired) electrons. The molecule has 0 unspecified atom stereocenters. The van der Waals surface area contributed by atoms with Crippen molar-refractivity contribution in [1.29, 1.82) is 0 Å². The van der Waals surface area contributed by atoms with E-state index in [0.717, 1.165) is 6.42 Å². The quantitative estimate of drug-likeness (QED) is 0.719. The molecule has 0 amide bonds. The van der Waals surface area contributed by atoms with Crippen LogP contribution in [0.15, 0.2) is 41.4 Å². The molecule has 0 fully saturated rings. The Morgan fingerprint density at radius 3 is 2.90 bits per heavy atom. The lowest BCUT2D eigenvalue weighted by atomic mass is 10.1. The van der Waals surface area contributed by atoms with Gasteiger partial charge >= 0.3 is 0 Å². The molecule has 3 aromatic rings. The zero-order valence-corrected chi connectivity index (χ0v) is 13.3. The molecule has 1 aromatic carbocycles. The van der Waals surface area contributed by atoms with Crippen LogP contribution < -0.4 is 9.47 Å². The largest absolute Gasteiger partial charge is 0.493 e. The predicted molar refractivity (Wildman–Crippen MR) is 83.1 cm³/mol. The number of benzene rings is 1. The van der Waals surface area contributed by atoms with Crippen molar-refractivity contribution in [3.63, 3.8) is 0 Å². The third-order valence-electron chi connectivity index (χ3n) is 3.16. The lowest BCUT2D eigenvalue weighted by Crippen LogP contribution is -1.97. The molecule has 0 N–H and O–H groups in total. The van der Waals surface area contributed by atoms with Crippen LogP contribution in [-0.4, -0.2) is 21.5 Å². The van der Waals surface area contributed by atoms with Crippen LogP contribution in [0.5, 0.6) is 17.4 Å². The van der Waals surface area contributed by atoms with Gasteiger partial charge in [0.15, 0.2) is 11.5 Å². The summed E-state index contributed by atoms with van der Waals surface area (Å²) in [4.78, 5) is 8.60. The second-order valence-electron chi connectivity index (χ2n) is 4.47. The summed E-state index contributed by atoms with van der Waals surface area (Å²) in [7, 11) is 1.63. The number of nitrogens with zero attached hydrogens (tertiary/aromatic N) is 3. The van der Waals surface area contributed by atoms with Crippen molar-refractivity contribution in [3.8, 4) is 17.4 Å². The van der Waals surface area contributed by atoms with Gasteiger partial charge in [0.05, 0.1) is 7.11 Å². The van der Waals surface area contributed by atoms with Crippen molar-refractivity contribution in [2.45, 2.75) is 13.3 Å². The molecule has 108 valence electrons. The highest BCUT2D eigenvalue weighted by Gasteiger charge is 2.12.